The van der Waals surface area contributed by atoms with Gasteiger partial charge >= 0.3 is 0 Å². The Kier molecular flexibility index (Phi) is 4.98. The van der Waals surface area contributed by atoms with Gasteiger partial charge in [0.1, 0.15) is 0 Å². The number of piperidine rings is 1. The molecule has 1 aliphatic rings. The third kappa shape index (κ3) is 3.32. The van der Waals surface area contributed by atoms with Crippen molar-refractivity contribution in [1.82, 2.24) is 24.5 Å². The van der Waals surface area contributed by atoms with Gasteiger partial charge in [0.15, 0.2) is 5.65 Å². The molecule has 1 saturated heterocycles. The van der Waals surface area contributed by atoms with Gasteiger partial charge in [-0.25, -0.2) is 9.50 Å². The molecule has 1 aliphatic heterocycles. The Balaban J connectivity index is 1.67. The van der Waals surface area contributed by atoms with Gasteiger partial charge in [-0.3, -0.25) is 19.7 Å². The Labute approximate surface area is 163 Å². The van der Waals surface area contributed by atoms with Crippen LogP contribution in [-0.4, -0.2) is 36.9 Å². The Hall–Kier alpha value is -2.96. The predicted molar refractivity (Wildman–Crippen MR) is 106 cm³/mol. The molecule has 0 aromatic carbocycles. The summed E-state index contributed by atoms with van der Waals surface area (Å²) in [7, 11) is 0. The molecule has 146 valence electrons. The van der Waals surface area contributed by atoms with Crippen molar-refractivity contribution >= 4 is 11.6 Å². The van der Waals surface area contributed by atoms with E-state index in [1.165, 1.54) is 4.52 Å². The zero-order valence-electron chi connectivity index (χ0n) is 16.3. The van der Waals surface area contributed by atoms with E-state index >= 15 is 0 Å². The number of H-pyrrole nitrogens is 1. The van der Waals surface area contributed by atoms with Gasteiger partial charge in [0, 0.05) is 35.8 Å². The van der Waals surface area contributed by atoms with Gasteiger partial charge in [0.05, 0.1) is 18.2 Å². The number of carbonyl (C=O) groups is 1. The van der Waals surface area contributed by atoms with Crippen LogP contribution < -0.4 is 5.56 Å². The van der Waals surface area contributed by atoms with Crippen LogP contribution in [0.25, 0.3) is 5.65 Å². The highest BCUT2D eigenvalue weighted by Gasteiger charge is 2.30. The molecule has 0 radical (unpaired) electrons. The average molecular weight is 379 g/mol. The highest BCUT2D eigenvalue weighted by molar-refractivity contribution is 5.79. The number of aromatic nitrogens is 4. The lowest BCUT2D eigenvalue weighted by Crippen LogP contribution is -2.39. The van der Waals surface area contributed by atoms with Gasteiger partial charge in [-0.2, -0.15) is 0 Å². The Morgan fingerprint density at radius 3 is 2.93 bits per heavy atom. The van der Waals surface area contributed by atoms with Gasteiger partial charge in [-0.1, -0.05) is 13.0 Å². The molecule has 0 bridgehead atoms. The topological polar surface area (TPSA) is 83.4 Å². The van der Waals surface area contributed by atoms with E-state index in [0.29, 0.717) is 18.6 Å². The third-order valence-corrected chi connectivity index (χ3v) is 5.53. The first-order valence-electron chi connectivity index (χ1n) is 9.89. The van der Waals surface area contributed by atoms with Gasteiger partial charge < -0.3 is 4.90 Å². The molecule has 0 saturated carbocycles. The van der Waals surface area contributed by atoms with Crippen LogP contribution in [0.1, 0.15) is 54.9 Å². The lowest BCUT2D eigenvalue weighted by Gasteiger charge is -2.35. The SMILES string of the molecule is CCc1c(C)nc2cc(C3CCCCN3C(=O)Cc3ccccn3)[nH]n2c1=O. The maximum Gasteiger partial charge on any atom is 0.276 e. The van der Waals surface area contributed by atoms with Crippen molar-refractivity contribution in [2.24, 2.45) is 0 Å². The fourth-order valence-corrected chi connectivity index (χ4v) is 4.08. The molecule has 1 amide bonds. The highest BCUT2D eigenvalue weighted by atomic mass is 16.2. The first-order valence-corrected chi connectivity index (χ1v) is 9.89. The minimum Gasteiger partial charge on any atom is -0.334 e. The molecule has 1 atom stereocenters. The molecule has 3 aromatic rings. The fraction of sp³-hybridized carbons (Fsp3) is 0.429. The quantitative estimate of drug-likeness (QED) is 0.755. The molecule has 1 unspecified atom stereocenters. The molecule has 3 aromatic heterocycles. The van der Waals surface area contributed by atoms with Crippen molar-refractivity contribution < 1.29 is 4.79 Å². The van der Waals surface area contributed by atoms with Crippen LogP contribution in [-0.2, 0) is 17.6 Å². The molecular formula is C21H25N5O2. The summed E-state index contributed by atoms with van der Waals surface area (Å²) >= 11 is 0. The van der Waals surface area contributed by atoms with Crippen LogP contribution >= 0.6 is 0 Å². The van der Waals surface area contributed by atoms with Gasteiger partial charge in [0.2, 0.25) is 5.91 Å². The summed E-state index contributed by atoms with van der Waals surface area (Å²) in [6.45, 7) is 4.55. The van der Waals surface area contributed by atoms with Crippen molar-refractivity contribution in [2.45, 2.75) is 52.0 Å². The number of nitrogens with one attached hydrogen (secondary N) is 1. The number of hydrogen-bond donors (Lipinski definition) is 1. The second kappa shape index (κ2) is 7.58. The van der Waals surface area contributed by atoms with Crippen molar-refractivity contribution in [2.75, 3.05) is 6.54 Å². The van der Waals surface area contributed by atoms with Crippen molar-refractivity contribution in [3.8, 4) is 0 Å². The van der Waals surface area contributed by atoms with E-state index in [1.807, 2.05) is 43.0 Å². The van der Waals surface area contributed by atoms with Crippen molar-refractivity contribution in [1.29, 1.82) is 0 Å². The summed E-state index contributed by atoms with van der Waals surface area (Å²) in [4.78, 5) is 36.5. The number of aromatic amines is 1. The number of nitrogens with zero attached hydrogens (tertiary/aromatic N) is 4. The molecule has 4 heterocycles. The predicted octanol–water partition coefficient (Wildman–Crippen LogP) is 2.58. The van der Waals surface area contributed by atoms with E-state index < -0.39 is 0 Å². The first-order chi connectivity index (χ1) is 13.6. The second-order valence-corrected chi connectivity index (χ2v) is 7.34. The lowest BCUT2D eigenvalue weighted by atomic mass is 9.98. The minimum atomic E-state index is -0.0727. The maximum atomic E-state index is 13.0. The summed E-state index contributed by atoms with van der Waals surface area (Å²) < 4.78 is 1.51. The first kappa shape index (κ1) is 18.4. The maximum absolute atomic E-state index is 13.0. The van der Waals surface area contributed by atoms with E-state index in [9.17, 15) is 9.59 Å². The van der Waals surface area contributed by atoms with E-state index in [-0.39, 0.29) is 23.9 Å². The summed E-state index contributed by atoms with van der Waals surface area (Å²) in [5.74, 6) is 0.0628. The number of hydrogen-bond acceptors (Lipinski definition) is 4. The van der Waals surface area contributed by atoms with Crippen LogP contribution in [0.3, 0.4) is 0 Å². The van der Waals surface area contributed by atoms with Gasteiger partial charge in [-0.15, -0.1) is 0 Å². The summed E-state index contributed by atoms with van der Waals surface area (Å²) in [6.07, 6.45) is 5.55. The normalized spacial score (nSPS) is 17.2. The molecule has 0 spiro atoms. The smallest absolute Gasteiger partial charge is 0.276 e. The van der Waals surface area contributed by atoms with E-state index in [0.717, 1.165) is 41.9 Å². The molecule has 4 rings (SSSR count). The van der Waals surface area contributed by atoms with Gasteiger partial charge in [0.25, 0.3) is 5.56 Å². The number of pyridine rings is 1. The van der Waals surface area contributed by atoms with Gasteiger partial charge in [-0.05, 0) is 44.7 Å². The highest BCUT2D eigenvalue weighted by Crippen LogP contribution is 2.31. The Morgan fingerprint density at radius 2 is 2.18 bits per heavy atom. The standard InChI is InChI=1S/C21H25N5O2/c1-3-16-14(2)23-19-13-17(24-26(19)21(16)28)18-9-5-7-11-25(18)20(27)12-15-8-4-6-10-22-15/h4,6,8,10,13,18,24H,3,5,7,9,11-12H2,1-2H3. The van der Waals surface area contributed by atoms with Crippen LogP contribution in [0.2, 0.25) is 0 Å². The van der Waals surface area contributed by atoms with Crippen LogP contribution in [0.5, 0.6) is 0 Å². The van der Waals surface area contributed by atoms with Crippen LogP contribution in [0.15, 0.2) is 35.3 Å². The van der Waals surface area contributed by atoms with Crippen LogP contribution in [0.4, 0.5) is 0 Å². The molecule has 0 aliphatic carbocycles. The minimum absolute atomic E-state index is 0.0570. The Bertz CT molecular complexity index is 1050. The van der Waals surface area contributed by atoms with E-state index in [1.54, 1.807) is 6.20 Å². The lowest BCUT2D eigenvalue weighted by molar-refractivity contribution is -0.134. The number of amides is 1. The van der Waals surface area contributed by atoms with E-state index in [2.05, 4.69) is 15.1 Å². The molecule has 1 N–H and O–H groups in total. The zero-order valence-corrected chi connectivity index (χ0v) is 16.3. The molecular weight excluding hydrogens is 354 g/mol. The Morgan fingerprint density at radius 1 is 1.32 bits per heavy atom. The molecule has 7 nitrogen and oxygen atoms in total. The molecule has 7 heteroatoms. The van der Waals surface area contributed by atoms with Crippen molar-refractivity contribution in [3.05, 3.63) is 63.5 Å². The number of carbonyl (C=O) groups excluding carboxylic acids is 1. The second-order valence-electron chi connectivity index (χ2n) is 7.34. The summed E-state index contributed by atoms with van der Waals surface area (Å²) in [6, 6.07) is 7.45. The average Bonchev–Trinajstić information content (AvgIpc) is 3.13. The number of rotatable bonds is 4. The van der Waals surface area contributed by atoms with Crippen LogP contribution in [0, 0.1) is 6.92 Å². The van der Waals surface area contributed by atoms with Crippen molar-refractivity contribution in [3.63, 3.8) is 0 Å². The summed E-state index contributed by atoms with van der Waals surface area (Å²) in [5, 5.41) is 3.22. The van der Waals surface area contributed by atoms with E-state index in [4.69, 9.17) is 0 Å². The number of aryl methyl sites for hydroxylation is 1. The number of likely N-dealkylation sites (tertiary alicyclic amines) is 1. The third-order valence-electron chi connectivity index (χ3n) is 5.53. The molecule has 28 heavy (non-hydrogen) atoms. The largest absolute Gasteiger partial charge is 0.334 e. The fourth-order valence-electron chi connectivity index (χ4n) is 4.08. The number of fused-ring (bicyclic) bond motifs is 1. The summed E-state index contributed by atoms with van der Waals surface area (Å²) in [5.41, 5.74) is 3.68. The molecule has 1 fully saturated rings. The monoisotopic (exact) mass is 379 g/mol. The zero-order chi connectivity index (χ0) is 19.7.